The summed E-state index contributed by atoms with van der Waals surface area (Å²) in [5.74, 6) is -0.565. The summed E-state index contributed by atoms with van der Waals surface area (Å²) in [6.45, 7) is 2.23. The minimum absolute atomic E-state index is 0. The van der Waals surface area contributed by atoms with Crippen molar-refractivity contribution in [3.63, 3.8) is 0 Å². The van der Waals surface area contributed by atoms with Crippen LogP contribution < -0.4 is 39.4 Å². The van der Waals surface area contributed by atoms with Gasteiger partial charge in [-0.15, -0.1) is 0 Å². The number of benzene rings is 2. The van der Waals surface area contributed by atoms with Gasteiger partial charge in [0.25, 0.3) is 10.1 Å². The maximum Gasteiger partial charge on any atom is 1.00 e. The van der Waals surface area contributed by atoms with Gasteiger partial charge in [-0.2, -0.15) is 8.42 Å². The van der Waals surface area contributed by atoms with Crippen molar-refractivity contribution in [1.29, 1.82) is 0 Å². The summed E-state index contributed by atoms with van der Waals surface area (Å²) in [4.78, 5) is -0.407. The third kappa shape index (κ3) is 10.3. The van der Waals surface area contributed by atoms with Crippen LogP contribution in [-0.2, 0) is 16.5 Å². The third-order valence-corrected chi connectivity index (χ3v) is 6.39. The van der Waals surface area contributed by atoms with Crippen molar-refractivity contribution in [3.8, 4) is 17.2 Å². The van der Waals surface area contributed by atoms with Gasteiger partial charge in [-0.3, -0.25) is 4.55 Å². The molecule has 0 unspecified atom stereocenters. The van der Waals surface area contributed by atoms with E-state index in [-0.39, 0.29) is 35.3 Å². The quantitative estimate of drug-likeness (QED) is 0.244. The predicted molar refractivity (Wildman–Crippen MR) is 122 cm³/mol. The molecule has 0 aliphatic carbocycles. The van der Waals surface area contributed by atoms with Crippen LogP contribution in [0.3, 0.4) is 0 Å². The van der Waals surface area contributed by atoms with Crippen molar-refractivity contribution in [2.24, 2.45) is 0 Å². The zero-order chi connectivity index (χ0) is 22.5. The fourth-order valence-corrected chi connectivity index (χ4v) is 4.63. The molecule has 2 aromatic rings. The average molecular weight is 471 g/mol. The van der Waals surface area contributed by atoms with Crippen LogP contribution in [0.1, 0.15) is 83.1 Å². The molecule has 0 aliphatic heterocycles. The van der Waals surface area contributed by atoms with E-state index in [1.807, 2.05) is 0 Å². The van der Waals surface area contributed by atoms with Crippen molar-refractivity contribution in [2.45, 2.75) is 88.9 Å². The zero-order valence-electron chi connectivity index (χ0n) is 19.5. The van der Waals surface area contributed by atoms with Gasteiger partial charge in [0.2, 0.25) is 0 Å². The molecular weight excluding hydrogens is 435 g/mol. The fourth-order valence-electron chi connectivity index (χ4n) is 3.75. The Morgan fingerprint density at radius 2 is 1.34 bits per heavy atom. The number of unbranched alkanes of at least 4 members (excludes halogenated alkanes) is 10. The van der Waals surface area contributed by atoms with E-state index in [4.69, 9.17) is 4.74 Å². The summed E-state index contributed by atoms with van der Waals surface area (Å²) in [5.41, 5.74) is 0.420. The van der Waals surface area contributed by atoms with Gasteiger partial charge in [-0.1, -0.05) is 107 Å². The molecule has 0 bridgehead atoms. The van der Waals surface area contributed by atoms with Gasteiger partial charge in [0.1, 0.15) is 16.4 Å². The number of para-hydroxylation sites is 1. The Morgan fingerprint density at radius 3 is 1.88 bits per heavy atom. The van der Waals surface area contributed by atoms with E-state index in [0.29, 0.717) is 17.7 Å². The average Bonchev–Trinajstić information content (AvgIpc) is 2.74. The summed E-state index contributed by atoms with van der Waals surface area (Å²) in [6.07, 6.45) is 13.6. The minimum Gasteiger partial charge on any atom is -0.870 e. The van der Waals surface area contributed by atoms with Gasteiger partial charge in [0, 0.05) is 0 Å². The number of aryl methyl sites for hydroxylation is 1. The molecule has 0 saturated heterocycles. The first-order valence-electron chi connectivity index (χ1n) is 11.5. The maximum atomic E-state index is 12.3. The van der Waals surface area contributed by atoms with Crippen LogP contribution in [0.5, 0.6) is 17.2 Å². The van der Waals surface area contributed by atoms with Crippen LogP contribution in [0.4, 0.5) is 0 Å². The molecule has 0 saturated carbocycles. The topological polar surface area (TPSA) is 86.7 Å². The van der Waals surface area contributed by atoms with Crippen LogP contribution in [0.15, 0.2) is 47.4 Å². The molecule has 172 valence electrons. The molecule has 32 heavy (non-hydrogen) atoms. The molecule has 0 heterocycles. The van der Waals surface area contributed by atoms with Gasteiger partial charge < -0.3 is 9.84 Å². The van der Waals surface area contributed by atoms with E-state index in [2.05, 4.69) is 6.92 Å². The summed E-state index contributed by atoms with van der Waals surface area (Å²) in [6, 6.07) is 11.3. The molecule has 0 radical (unpaired) electrons. The Kier molecular flexibility index (Phi) is 14.2. The van der Waals surface area contributed by atoms with Crippen molar-refractivity contribution < 1.29 is 52.4 Å². The van der Waals surface area contributed by atoms with E-state index >= 15 is 0 Å². The van der Waals surface area contributed by atoms with Gasteiger partial charge >= 0.3 is 29.6 Å². The molecule has 0 fully saturated rings. The van der Waals surface area contributed by atoms with Crippen molar-refractivity contribution in [3.05, 3.63) is 48.0 Å². The van der Waals surface area contributed by atoms with Crippen LogP contribution in [-0.4, -0.2) is 13.0 Å². The minimum atomic E-state index is -4.60. The smallest absolute Gasteiger partial charge is 0.870 e. The first-order valence-corrected chi connectivity index (χ1v) is 12.9. The summed E-state index contributed by atoms with van der Waals surface area (Å²) in [5, 5.41) is 12.3. The Hall–Kier alpha value is -1.05. The normalized spacial score (nSPS) is 11.2. The second-order valence-electron chi connectivity index (χ2n) is 8.06. The molecule has 2 aromatic carbocycles. The van der Waals surface area contributed by atoms with Gasteiger partial charge in [0.05, 0.1) is 0 Å². The van der Waals surface area contributed by atoms with Crippen molar-refractivity contribution >= 4 is 10.1 Å². The maximum absolute atomic E-state index is 12.3. The monoisotopic (exact) mass is 470 g/mol. The van der Waals surface area contributed by atoms with Gasteiger partial charge in [-0.25, -0.2) is 0 Å². The molecule has 7 heteroatoms. The SMILES string of the molecule is CCCCCCCCCCCCCc1ccc([O-])c(Oc2ccccc2)c1S(=O)(=O)O.[Na+]. The number of hydrogen-bond donors (Lipinski definition) is 1. The molecule has 0 aromatic heterocycles. The van der Waals surface area contributed by atoms with E-state index in [9.17, 15) is 18.1 Å². The first-order chi connectivity index (χ1) is 14.9. The molecule has 1 N–H and O–H groups in total. The molecule has 2 rings (SSSR count). The first kappa shape index (κ1) is 29.0. The molecular formula is C25H35NaO5S. The van der Waals surface area contributed by atoms with E-state index < -0.39 is 20.8 Å². The summed E-state index contributed by atoms with van der Waals surface area (Å²) >= 11 is 0. The Labute approximate surface area is 215 Å². The standard InChI is InChI=1S/C25H36O5S.Na/c1-2-3-4-5-6-7-8-9-10-11-13-16-21-19-20-23(26)24(25(21)31(27,28)29)30-22-17-14-12-15-18-22;/h12,14-15,17-20,26H,2-11,13,16H2,1H3,(H,27,28,29);/q;+1/p-1. The van der Waals surface area contributed by atoms with E-state index in [1.54, 1.807) is 30.3 Å². The van der Waals surface area contributed by atoms with Crippen LogP contribution in [0, 0.1) is 0 Å². The zero-order valence-corrected chi connectivity index (χ0v) is 22.3. The fraction of sp³-hybridized carbons (Fsp3) is 0.520. The number of hydrogen-bond acceptors (Lipinski definition) is 4. The van der Waals surface area contributed by atoms with E-state index in [0.717, 1.165) is 19.3 Å². The molecule has 0 spiro atoms. The van der Waals surface area contributed by atoms with Crippen LogP contribution in [0.2, 0.25) is 0 Å². The molecule has 5 nitrogen and oxygen atoms in total. The Bertz CT molecular complexity index is 885. The molecule has 0 aliphatic rings. The van der Waals surface area contributed by atoms with Gasteiger partial charge in [-0.05, 0) is 30.5 Å². The molecule has 0 amide bonds. The Morgan fingerprint density at radius 1 is 0.812 bits per heavy atom. The van der Waals surface area contributed by atoms with Crippen molar-refractivity contribution in [2.75, 3.05) is 0 Å². The van der Waals surface area contributed by atoms with Gasteiger partial charge in [0.15, 0.2) is 0 Å². The van der Waals surface area contributed by atoms with Crippen LogP contribution in [0.25, 0.3) is 0 Å². The third-order valence-electron chi connectivity index (χ3n) is 5.43. The summed E-state index contributed by atoms with van der Waals surface area (Å²) < 4.78 is 39.5. The number of ether oxygens (including phenoxy) is 1. The number of rotatable bonds is 15. The molecule has 0 atom stereocenters. The van der Waals surface area contributed by atoms with Crippen molar-refractivity contribution in [1.82, 2.24) is 0 Å². The predicted octanol–water partition coefficient (Wildman–Crippen LogP) is 3.66. The van der Waals surface area contributed by atoms with Crippen LogP contribution >= 0.6 is 0 Å². The van der Waals surface area contributed by atoms with E-state index in [1.165, 1.54) is 63.5 Å². The second kappa shape index (κ2) is 15.7. The Balaban J connectivity index is 0.00000512. The second-order valence-corrected chi connectivity index (χ2v) is 9.42. The largest absolute Gasteiger partial charge is 1.00 e. The summed E-state index contributed by atoms with van der Waals surface area (Å²) in [7, 11) is -4.60.